The van der Waals surface area contributed by atoms with Gasteiger partial charge in [0.1, 0.15) is 5.82 Å². The predicted molar refractivity (Wildman–Crippen MR) is 99.2 cm³/mol. The lowest BCUT2D eigenvalue weighted by Gasteiger charge is -2.36. The van der Waals surface area contributed by atoms with Gasteiger partial charge in [0, 0.05) is 38.6 Å². The first-order chi connectivity index (χ1) is 11.7. The maximum atomic E-state index is 5.81. The van der Waals surface area contributed by atoms with Gasteiger partial charge in [-0.2, -0.15) is 4.52 Å². The number of nitrogens with zero attached hydrogens (tertiary/aromatic N) is 6. The highest BCUT2D eigenvalue weighted by Crippen LogP contribution is 2.21. The van der Waals surface area contributed by atoms with E-state index in [9.17, 15) is 0 Å². The lowest BCUT2D eigenvalue weighted by molar-refractivity contribution is -0.0670. The topological polar surface area (TPSA) is 58.8 Å². The van der Waals surface area contributed by atoms with Crippen LogP contribution in [0.15, 0.2) is 12.1 Å². The Morgan fingerprint density at radius 1 is 1.16 bits per heavy atom. The zero-order valence-electron chi connectivity index (χ0n) is 16.2. The molecule has 0 aromatic carbocycles. The summed E-state index contributed by atoms with van der Waals surface area (Å²) in [5, 5.41) is 13.3. The molecule has 0 saturated carbocycles. The van der Waals surface area contributed by atoms with Crippen molar-refractivity contribution < 1.29 is 4.74 Å². The molecule has 1 aliphatic heterocycles. The van der Waals surface area contributed by atoms with E-state index >= 15 is 0 Å². The van der Waals surface area contributed by atoms with Crippen LogP contribution in [0.4, 0.5) is 5.82 Å². The van der Waals surface area contributed by atoms with Crippen molar-refractivity contribution in [2.45, 2.75) is 52.2 Å². The minimum Gasteiger partial charge on any atom is -0.373 e. The Morgan fingerprint density at radius 3 is 2.48 bits per heavy atom. The quantitative estimate of drug-likeness (QED) is 0.844. The van der Waals surface area contributed by atoms with Gasteiger partial charge in [0.15, 0.2) is 11.5 Å². The molecular weight excluding hydrogens is 316 g/mol. The third-order valence-corrected chi connectivity index (χ3v) is 4.56. The molecule has 0 unspecified atom stereocenters. The molecule has 7 heteroatoms. The van der Waals surface area contributed by atoms with Crippen molar-refractivity contribution in [1.29, 1.82) is 0 Å². The summed E-state index contributed by atoms with van der Waals surface area (Å²) in [7, 11) is 2.09. The van der Waals surface area contributed by atoms with E-state index in [2.05, 4.69) is 61.7 Å². The minimum atomic E-state index is -0.0936. The van der Waals surface area contributed by atoms with Gasteiger partial charge in [0.25, 0.3) is 0 Å². The molecule has 1 aliphatic rings. The highest BCUT2D eigenvalue weighted by Gasteiger charge is 2.23. The van der Waals surface area contributed by atoms with Gasteiger partial charge in [-0.05, 0) is 26.0 Å². The van der Waals surface area contributed by atoms with Crippen molar-refractivity contribution in [2.24, 2.45) is 0 Å². The van der Waals surface area contributed by atoms with E-state index in [4.69, 9.17) is 9.84 Å². The number of likely N-dealkylation sites (N-methyl/N-ethyl adjacent to an activating group) is 1. The molecule has 2 atom stereocenters. The van der Waals surface area contributed by atoms with Crippen molar-refractivity contribution in [3.05, 3.63) is 18.0 Å². The van der Waals surface area contributed by atoms with Crippen LogP contribution in [-0.2, 0) is 10.2 Å². The lowest BCUT2D eigenvalue weighted by atomic mass is 9.96. The molecule has 0 spiro atoms. The summed E-state index contributed by atoms with van der Waals surface area (Å²) >= 11 is 0. The van der Waals surface area contributed by atoms with E-state index in [1.165, 1.54) is 0 Å². The molecule has 3 rings (SSSR count). The molecule has 1 saturated heterocycles. The molecule has 0 N–H and O–H groups in total. The summed E-state index contributed by atoms with van der Waals surface area (Å²) in [5.74, 6) is 1.82. The molecule has 2 aromatic heterocycles. The maximum Gasteiger partial charge on any atom is 0.178 e. The summed E-state index contributed by atoms with van der Waals surface area (Å²) in [6, 6.07) is 4.00. The number of aromatic nitrogens is 4. The van der Waals surface area contributed by atoms with Gasteiger partial charge >= 0.3 is 0 Å². The number of hydrogen-bond acceptors (Lipinski definition) is 6. The standard InChI is InChI=1S/C18H30N6O/c1-13-11-23(12-14(2)25-13)10-9-22(6)16-8-7-15-19-20-17(18(3,4)5)24(15)21-16/h7-8,13-14H,9-12H2,1-6H3/t13-,14+. The zero-order valence-corrected chi connectivity index (χ0v) is 16.2. The summed E-state index contributed by atoms with van der Waals surface area (Å²) in [6.45, 7) is 14.6. The molecule has 0 aliphatic carbocycles. The molecule has 7 nitrogen and oxygen atoms in total. The van der Waals surface area contributed by atoms with Crippen molar-refractivity contribution in [3.63, 3.8) is 0 Å². The molecule has 2 aromatic rings. The maximum absolute atomic E-state index is 5.81. The van der Waals surface area contributed by atoms with Crippen LogP contribution in [0.2, 0.25) is 0 Å². The van der Waals surface area contributed by atoms with Crippen LogP contribution in [0, 0.1) is 0 Å². The van der Waals surface area contributed by atoms with Crippen LogP contribution in [0.5, 0.6) is 0 Å². The fraction of sp³-hybridized carbons (Fsp3) is 0.722. The minimum absolute atomic E-state index is 0.0936. The van der Waals surface area contributed by atoms with Crippen molar-refractivity contribution in [1.82, 2.24) is 24.7 Å². The van der Waals surface area contributed by atoms with Gasteiger partial charge in [-0.1, -0.05) is 20.8 Å². The van der Waals surface area contributed by atoms with Crippen molar-refractivity contribution >= 4 is 11.5 Å². The van der Waals surface area contributed by atoms with Gasteiger partial charge in [-0.15, -0.1) is 15.3 Å². The van der Waals surface area contributed by atoms with Gasteiger partial charge in [0.05, 0.1) is 12.2 Å². The average molecular weight is 346 g/mol. The first kappa shape index (κ1) is 18.1. The smallest absolute Gasteiger partial charge is 0.178 e. The predicted octanol–water partition coefficient (Wildman–Crippen LogP) is 1.97. The van der Waals surface area contributed by atoms with Gasteiger partial charge in [-0.3, -0.25) is 4.90 Å². The summed E-state index contributed by atoms with van der Waals surface area (Å²) in [4.78, 5) is 4.66. The fourth-order valence-corrected chi connectivity index (χ4v) is 3.32. The second-order valence-corrected chi connectivity index (χ2v) is 8.17. The monoisotopic (exact) mass is 346 g/mol. The van der Waals surface area contributed by atoms with Crippen LogP contribution >= 0.6 is 0 Å². The van der Waals surface area contributed by atoms with Crippen LogP contribution in [0.25, 0.3) is 5.65 Å². The lowest BCUT2D eigenvalue weighted by Crippen LogP contribution is -2.47. The first-order valence-corrected chi connectivity index (χ1v) is 9.06. The number of ether oxygens (including phenoxy) is 1. The Bertz CT molecular complexity index is 712. The van der Waals surface area contributed by atoms with Crippen molar-refractivity contribution in [3.8, 4) is 0 Å². The molecule has 25 heavy (non-hydrogen) atoms. The number of morpholine rings is 1. The Morgan fingerprint density at radius 2 is 1.84 bits per heavy atom. The third-order valence-electron chi connectivity index (χ3n) is 4.56. The SMILES string of the molecule is C[C@@H]1CN(CCN(C)c2ccc3nnc(C(C)(C)C)n3n2)C[C@H](C)O1. The molecule has 138 valence electrons. The summed E-state index contributed by atoms with van der Waals surface area (Å²) < 4.78 is 7.67. The van der Waals surface area contributed by atoms with E-state index in [0.717, 1.165) is 43.5 Å². The number of fused-ring (bicyclic) bond motifs is 1. The second-order valence-electron chi connectivity index (χ2n) is 8.17. The molecule has 0 radical (unpaired) electrons. The zero-order chi connectivity index (χ0) is 18.2. The van der Waals surface area contributed by atoms with Crippen LogP contribution in [0.3, 0.4) is 0 Å². The Hall–Kier alpha value is -1.73. The fourth-order valence-electron chi connectivity index (χ4n) is 3.32. The van der Waals surface area contributed by atoms with E-state index in [0.29, 0.717) is 12.2 Å². The molecular formula is C18H30N6O. The Kier molecular flexibility index (Phi) is 4.97. The van der Waals surface area contributed by atoms with Crippen molar-refractivity contribution in [2.75, 3.05) is 38.1 Å². The summed E-state index contributed by atoms with van der Waals surface area (Å²) in [5.41, 5.74) is 0.696. The van der Waals surface area contributed by atoms with Crippen LogP contribution in [-0.4, -0.2) is 70.1 Å². The number of anilines is 1. The normalized spacial score (nSPS) is 22.5. The highest BCUT2D eigenvalue weighted by molar-refractivity contribution is 5.45. The van der Waals surface area contributed by atoms with Gasteiger partial charge < -0.3 is 9.64 Å². The van der Waals surface area contributed by atoms with Gasteiger partial charge in [-0.25, -0.2) is 0 Å². The third kappa shape index (κ3) is 4.10. The molecule has 0 amide bonds. The second kappa shape index (κ2) is 6.88. The van der Waals surface area contributed by atoms with Crippen LogP contribution < -0.4 is 4.90 Å². The number of hydrogen-bond donors (Lipinski definition) is 0. The van der Waals surface area contributed by atoms with E-state index in [1.54, 1.807) is 0 Å². The van der Waals surface area contributed by atoms with Crippen LogP contribution in [0.1, 0.15) is 40.4 Å². The molecule has 0 bridgehead atoms. The Labute approximate surface area is 150 Å². The highest BCUT2D eigenvalue weighted by atomic mass is 16.5. The van der Waals surface area contributed by atoms with Gasteiger partial charge in [0.2, 0.25) is 0 Å². The Balaban J connectivity index is 1.70. The van der Waals surface area contributed by atoms with E-state index in [-0.39, 0.29) is 5.41 Å². The molecule has 1 fully saturated rings. The van der Waals surface area contributed by atoms with E-state index in [1.807, 2.05) is 16.6 Å². The average Bonchev–Trinajstić information content (AvgIpc) is 2.94. The molecule has 3 heterocycles. The number of rotatable bonds is 4. The van der Waals surface area contributed by atoms with E-state index < -0.39 is 0 Å². The summed E-state index contributed by atoms with van der Waals surface area (Å²) in [6.07, 6.45) is 0.602. The largest absolute Gasteiger partial charge is 0.373 e. The first-order valence-electron chi connectivity index (χ1n) is 9.06.